The molecule has 0 aliphatic carbocycles. The number of carbonyl (C=O) groups is 1. The van der Waals surface area contributed by atoms with Gasteiger partial charge in [-0.2, -0.15) is 0 Å². The summed E-state index contributed by atoms with van der Waals surface area (Å²) in [5.41, 5.74) is 2.11. The van der Waals surface area contributed by atoms with Gasteiger partial charge in [0.15, 0.2) is 0 Å². The third-order valence-corrected chi connectivity index (χ3v) is 4.94. The Bertz CT molecular complexity index is 811. The van der Waals surface area contributed by atoms with Crippen LogP contribution in [0.1, 0.15) is 31.1 Å². The second-order valence-corrected chi connectivity index (χ2v) is 7.32. The fourth-order valence-corrected chi connectivity index (χ4v) is 3.50. The van der Waals surface area contributed by atoms with Crippen molar-refractivity contribution in [3.05, 3.63) is 54.1 Å². The summed E-state index contributed by atoms with van der Waals surface area (Å²) in [5, 5.41) is 0. The lowest BCUT2D eigenvalue weighted by molar-refractivity contribution is 0.0526. The number of carbonyl (C=O) groups excluding carboxylic acids is 1. The largest absolute Gasteiger partial charge is 0.462 e. The van der Waals surface area contributed by atoms with E-state index in [0.717, 1.165) is 11.1 Å². The van der Waals surface area contributed by atoms with E-state index in [1.165, 1.54) is 0 Å². The van der Waals surface area contributed by atoms with Crippen LogP contribution < -0.4 is 4.72 Å². The summed E-state index contributed by atoms with van der Waals surface area (Å²) in [6.45, 7) is 5.62. The van der Waals surface area contributed by atoms with E-state index in [4.69, 9.17) is 4.74 Å². The fraction of sp³-hybridized carbons (Fsp3) is 0.278. The zero-order valence-corrected chi connectivity index (χ0v) is 14.8. The third kappa shape index (κ3) is 4.43. The molecule has 2 rings (SSSR count). The highest BCUT2D eigenvalue weighted by atomic mass is 32.2. The molecule has 0 aliphatic rings. The summed E-state index contributed by atoms with van der Waals surface area (Å²) in [5.74, 6) is -0.375. The molecule has 0 aromatic heterocycles. The average Bonchev–Trinajstić information content (AvgIpc) is 2.54. The Labute approximate surface area is 142 Å². The van der Waals surface area contributed by atoms with Crippen molar-refractivity contribution < 1.29 is 17.9 Å². The summed E-state index contributed by atoms with van der Waals surface area (Å²) >= 11 is 0. The first-order chi connectivity index (χ1) is 11.3. The number of hydrogen-bond donors (Lipinski definition) is 1. The van der Waals surface area contributed by atoms with Gasteiger partial charge >= 0.3 is 5.97 Å². The summed E-state index contributed by atoms with van der Waals surface area (Å²) in [6.07, 6.45) is 0. The first-order valence-corrected chi connectivity index (χ1v) is 9.21. The smallest absolute Gasteiger partial charge is 0.338 e. The van der Waals surface area contributed by atoms with E-state index in [9.17, 15) is 13.2 Å². The van der Waals surface area contributed by atoms with Gasteiger partial charge in [0.1, 0.15) is 0 Å². The summed E-state index contributed by atoms with van der Waals surface area (Å²) < 4.78 is 31.8. The maximum Gasteiger partial charge on any atom is 0.338 e. The van der Waals surface area contributed by atoms with Crippen molar-refractivity contribution >= 4 is 16.0 Å². The maximum absolute atomic E-state index is 12.1. The Hall–Kier alpha value is -2.18. The molecule has 0 spiro atoms. The zero-order valence-electron chi connectivity index (χ0n) is 13.9. The van der Waals surface area contributed by atoms with Crippen LogP contribution in [-0.4, -0.2) is 27.0 Å². The molecular weight excluding hydrogens is 326 g/mol. The highest BCUT2D eigenvalue weighted by Gasteiger charge is 2.15. The van der Waals surface area contributed by atoms with Crippen LogP contribution in [0.15, 0.2) is 53.4 Å². The Kier molecular flexibility index (Phi) is 5.75. The molecule has 2 aromatic carbocycles. The monoisotopic (exact) mass is 347 g/mol. The van der Waals surface area contributed by atoms with Crippen LogP contribution in [0.25, 0.3) is 11.1 Å². The van der Waals surface area contributed by atoms with Crippen molar-refractivity contribution in [2.24, 2.45) is 0 Å². The van der Waals surface area contributed by atoms with Crippen LogP contribution in [0.4, 0.5) is 0 Å². The first kappa shape index (κ1) is 18.2. The molecule has 0 unspecified atom stereocenters. The Morgan fingerprint density at radius 1 is 1.08 bits per heavy atom. The predicted octanol–water partition coefficient (Wildman–Crippen LogP) is 3.22. The van der Waals surface area contributed by atoms with E-state index in [-0.39, 0.29) is 16.9 Å². The minimum absolute atomic E-state index is 0.170. The van der Waals surface area contributed by atoms with Crippen LogP contribution in [0.3, 0.4) is 0 Å². The van der Waals surface area contributed by atoms with E-state index < -0.39 is 10.0 Å². The molecule has 128 valence electrons. The zero-order chi connectivity index (χ0) is 17.7. The quantitative estimate of drug-likeness (QED) is 0.815. The molecule has 6 heteroatoms. The normalized spacial score (nSPS) is 11.5. The van der Waals surface area contributed by atoms with Gasteiger partial charge in [-0.3, -0.25) is 0 Å². The second-order valence-electron chi connectivity index (χ2n) is 5.60. The van der Waals surface area contributed by atoms with E-state index >= 15 is 0 Å². The molecule has 0 bridgehead atoms. The molecule has 2 aromatic rings. The van der Waals surface area contributed by atoms with Gasteiger partial charge < -0.3 is 4.74 Å². The minimum atomic E-state index is -3.51. The molecule has 0 atom stereocenters. The number of hydrogen-bond acceptors (Lipinski definition) is 4. The van der Waals surface area contributed by atoms with Crippen molar-refractivity contribution in [3.63, 3.8) is 0 Å². The molecule has 5 nitrogen and oxygen atoms in total. The van der Waals surface area contributed by atoms with Crippen LogP contribution >= 0.6 is 0 Å². The average molecular weight is 347 g/mol. The lowest BCUT2D eigenvalue weighted by atomic mass is 10.0. The number of benzene rings is 2. The molecule has 0 aliphatic heterocycles. The van der Waals surface area contributed by atoms with Gasteiger partial charge in [0.05, 0.1) is 17.1 Å². The first-order valence-electron chi connectivity index (χ1n) is 7.73. The van der Waals surface area contributed by atoms with Gasteiger partial charge in [-0.05, 0) is 56.2 Å². The molecule has 0 heterocycles. The molecule has 0 radical (unpaired) electrons. The van der Waals surface area contributed by atoms with E-state index in [1.54, 1.807) is 63.2 Å². The maximum atomic E-state index is 12.1. The minimum Gasteiger partial charge on any atom is -0.462 e. The van der Waals surface area contributed by atoms with Gasteiger partial charge in [0.25, 0.3) is 0 Å². The lowest BCUT2D eigenvalue weighted by Crippen LogP contribution is -2.30. The molecule has 1 N–H and O–H groups in total. The summed E-state index contributed by atoms with van der Waals surface area (Å²) in [6, 6.07) is 13.4. The SMILES string of the molecule is CCOC(=O)c1cccc(-c2ccc(S(=O)(=O)NC(C)C)cc2)c1. The topological polar surface area (TPSA) is 72.5 Å². The van der Waals surface area contributed by atoms with Crippen molar-refractivity contribution in [1.82, 2.24) is 4.72 Å². The van der Waals surface area contributed by atoms with Gasteiger partial charge in [0.2, 0.25) is 10.0 Å². The fourth-order valence-electron chi connectivity index (χ4n) is 2.25. The Balaban J connectivity index is 2.28. The number of nitrogens with one attached hydrogen (secondary N) is 1. The summed E-state index contributed by atoms with van der Waals surface area (Å²) in [4.78, 5) is 12.0. The number of esters is 1. The van der Waals surface area contributed by atoms with Crippen molar-refractivity contribution in [1.29, 1.82) is 0 Å². The molecule has 0 saturated heterocycles. The Morgan fingerprint density at radius 2 is 1.75 bits per heavy atom. The molecule has 0 saturated carbocycles. The van der Waals surface area contributed by atoms with Crippen LogP contribution in [0.5, 0.6) is 0 Å². The molecular formula is C18H21NO4S. The molecule has 0 fully saturated rings. The van der Waals surface area contributed by atoms with Crippen molar-refractivity contribution in [2.45, 2.75) is 31.7 Å². The molecule has 0 amide bonds. The third-order valence-electron chi connectivity index (χ3n) is 3.26. The lowest BCUT2D eigenvalue weighted by Gasteiger charge is -2.10. The van der Waals surface area contributed by atoms with Gasteiger partial charge in [0, 0.05) is 6.04 Å². The van der Waals surface area contributed by atoms with E-state index in [1.807, 2.05) is 6.07 Å². The van der Waals surface area contributed by atoms with Gasteiger partial charge in [-0.1, -0.05) is 24.3 Å². The summed E-state index contributed by atoms with van der Waals surface area (Å²) in [7, 11) is -3.51. The number of rotatable bonds is 6. The van der Waals surface area contributed by atoms with Crippen LogP contribution in [-0.2, 0) is 14.8 Å². The second kappa shape index (κ2) is 7.59. The van der Waals surface area contributed by atoms with Crippen molar-refractivity contribution in [2.75, 3.05) is 6.61 Å². The van der Waals surface area contributed by atoms with Crippen LogP contribution in [0, 0.1) is 0 Å². The van der Waals surface area contributed by atoms with Gasteiger partial charge in [-0.15, -0.1) is 0 Å². The standard InChI is InChI=1S/C18H21NO4S/c1-4-23-18(20)16-7-5-6-15(12-16)14-8-10-17(11-9-14)24(21,22)19-13(2)3/h5-13,19H,4H2,1-3H3. The van der Waals surface area contributed by atoms with Crippen molar-refractivity contribution in [3.8, 4) is 11.1 Å². The highest BCUT2D eigenvalue weighted by molar-refractivity contribution is 7.89. The van der Waals surface area contributed by atoms with Crippen LogP contribution in [0.2, 0.25) is 0 Å². The van der Waals surface area contributed by atoms with E-state index in [0.29, 0.717) is 12.2 Å². The molecule has 24 heavy (non-hydrogen) atoms. The highest BCUT2D eigenvalue weighted by Crippen LogP contribution is 2.23. The number of ether oxygens (including phenoxy) is 1. The van der Waals surface area contributed by atoms with Gasteiger partial charge in [-0.25, -0.2) is 17.9 Å². The predicted molar refractivity (Wildman–Crippen MR) is 93.3 cm³/mol. The Morgan fingerprint density at radius 3 is 2.33 bits per heavy atom. The number of sulfonamides is 1. The van der Waals surface area contributed by atoms with E-state index in [2.05, 4.69) is 4.72 Å².